The van der Waals surface area contributed by atoms with Gasteiger partial charge in [-0.2, -0.15) is 0 Å². The topological polar surface area (TPSA) is 12.0 Å². The van der Waals surface area contributed by atoms with E-state index in [-0.39, 0.29) is 6.04 Å². The van der Waals surface area contributed by atoms with Crippen molar-refractivity contribution >= 4 is 0 Å². The second-order valence-electron chi connectivity index (χ2n) is 5.67. The number of hydrogen-bond acceptors (Lipinski definition) is 1. The molecule has 0 saturated carbocycles. The molecule has 0 heterocycles. The highest BCUT2D eigenvalue weighted by atomic mass is 14.9. The highest BCUT2D eigenvalue weighted by Gasteiger charge is 2.17. The average Bonchev–Trinajstić information content (AvgIpc) is 2.57. The lowest BCUT2D eigenvalue weighted by Crippen LogP contribution is -2.33. The Bertz CT molecular complexity index is 452. The van der Waals surface area contributed by atoms with Gasteiger partial charge in [-0.1, -0.05) is 87.4 Å². The van der Waals surface area contributed by atoms with Crippen LogP contribution in [0.3, 0.4) is 0 Å². The molecular formula is C20H27N. The highest BCUT2D eigenvalue weighted by molar-refractivity contribution is 5.31. The minimum atomic E-state index is 0.286. The Labute approximate surface area is 129 Å². The molecule has 21 heavy (non-hydrogen) atoms. The summed E-state index contributed by atoms with van der Waals surface area (Å²) in [6.45, 7) is 4.54. The van der Waals surface area contributed by atoms with Gasteiger partial charge in [0.05, 0.1) is 6.04 Å². The molecule has 1 atom stereocenters. The van der Waals surface area contributed by atoms with Crippen LogP contribution in [0.1, 0.15) is 56.7 Å². The lowest BCUT2D eigenvalue weighted by Gasteiger charge is -2.26. The van der Waals surface area contributed by atoms with E-state index < -0.39 is 0 Å². The third-order valence-corrected chi connectivity index (χ3v) is 4.07. The van der Waals surface area contributed by atoms with Crippen molar-refractivity contribution < 1.29 is 0 Å². The van der Waals surface area contributed by atoms with Gasteiger partial charge in [-0.3, -0.25) is 0 Å². The first-order valence-corrected chi connectivity index (χ1v) is 8.21. The second-order valence-corrected chi connectivity index (χ2v) is 5.67. The van der Waals surface area contributed by atoms with Gasteiger partial charge in [0, 0.05) is 6.04 Å². The Morgan fingerprint density at radius 2 is 1.33 bits per heavy atom. The van der Waals surface area contributed by atoms with Crippen molar-refractivity contribution in [1.82, 2.24) is 5.32 Å². The molecule has 2 rings (SSSR count). The molecule has 0 aliphatic carbocycles. The number of benzene rings is 2. The zero-order valence-electron chi connectivity index (χ0n) is 13.3. The summed E-state index contributed by atoms with van der Waals surface area (Å²) < 4.78 is 0. The summed E-state index contributed by atoms with van der Waals surface area (Å²) in [4.78, 5) is 0. The Kier molecular flexibility index (Phi) is 6.49. The summed E-state index contributed by atoms with van der Waals surface area (Å²) in [5.41, 5.74) is 2.69. The summed E-state index contributed by atoms with van der Waals surface area (Å²) in [5.74, 6) is 0. The molecule has 1 N–H and O–H groups in total. The largest absolute Gasteiger partial charge is 0.303 e. The van der Waals surface area contributed by atoms with E-state index in [0.717, 1.165) is 0 Å². The first-order chi connectivity index (χ1) is 10.3. The predicted octanol–water partition coefficient (Wildman–Crippen LogP) is 5.33. The minimum Gasteiger partial charge on any atom is -0.303 e. The third-order valence-electron chi connectivity index (χ3n) is 4.07. The van der Waals surface area contributed by atoms with Crippen molar-refractivity contribution in [3.8, 4) is 0 Å². The fraction of sp³-hybridized carbons (Fsp3) is 0.400. The Morgan fingerprint density at radius 1 is 0.810 bits per heavy atom. The molecule has 0 bridgehead atoms. The van der Waals surface area contributed by atoms with E-state index in [4.69, 9.17) is 0 Å². The molecule has 0 amide bonds. The molecular weight excluding hydrogens is 254 g/mol. The highest BCUT2D eigenvalue weighted by Crippen LogP contribution is 2.23. The Morgan fingerprint density at radius 3 is 1.76 bits per heavy atom. The van der Waals surface area contributed by atoms with Gasteiger partial charge < -0.3 is 5.32 Å². The van der Waals surface area contributed by atoms with Gasteiger partial charge in [0.15, 0.2) is 0 Å². The zero-order valence-corrected chi connectivity index (χ0v) is 13.3. The summed E-state index contributed by atoms with van der Waals surface area (Å²) in [7, 11) is 0. The van der Waals surface area contributed by atoms with Crippen LogP contribution in [0, 0.1) is 0 Å². The molecule has 0 fully saturated rings. The molecule has 0 spiro atoms. The lowest BCUT2D eigenvalue weighted by molar-refractivity contribution is 0.422. The standard InChI is InChI=1S/C20H27N/c1-3-5-16-19(4-2)21-20(17-12-8-6-9-13-17)18-14-10-7-11-15-18/h6-15,19-21H,3-5,16H2,1-2H3. The summed E-state index contributed by atoms with van der Waals surface area (Å²) in [5, 5.41) is 3.87. The van der Waals surface area contributed by atoms with Gasteiger partial charge >= 0.3 is 0 Å². The lowest BCUT2D eigenvalue weighted by atomic mass is 9.96. The first-order valence-electron chi connectivity index (χ1n) is 8.21. The van der Waals surface area contributed by atoms with Crippen LogP contribution in [0.25, 0.3) is 0 Å². The quantitative estimate of drug-likeness (QED) is 0.689. The normalized spacial score (nSPS) is 12.5. The Balaban J connectivity index is 2.20. The van der Waals surface area contributed by atoms with E-state index in [0.29, 0.717) is 6.04 Å². The monoisotopic (exact) mass is 281 g/mol. The van der Waals surface area contributed by atoms with Crippen molar-refractivity contribution in [3.63, 3.8) is 0 Å². The molecule has 0 aliphatic heterocycles. The van der Waals surface area contributed by atoms with E-state index in [1.54, 1.807) is 0 Å². The summed E-state index contributed by atoms with van der Waals surface area (Å²) >= 11 is 0. The number of hydrogen-bond donors (Lipinski definition) is 1. The van der Waals surface area contributed by atoms with E-state index in [9.17, 15) is 0 Å². The van der Waals surface area contributed by atoms with Gasteiger partial charge in [-0.25, -0.2) is 0 Å². The molecule has 1 unspecified atom stereocenters. The Hall–Kier alpha value is -1.60. The third kappa shape index (κ3) is 4.71. The van der Waals surface area contributed by atoms with E-state index in [2.05, 4.69) is 79.8 Å². The molecule has 0 aromatic heterocycles. The van der Waals surface area contributed by atoms with E-state index >= 15 is 0 Å². The van der Waals surface area contributed by atoms with Gasteiger partial charge in [0.1, 0.15) is 0 Å². The molecule has 0 radical (unpaired) electrons. The summed E-state index contributed by atoms with van der Waals surface area (Å²) in [6, 6.07) is 22.4. The van der Waals surface area contributed by atoms with Crippen molar-refractivity contribution in [2.45, 2.75) is 51.6 Å². The van der Waals surface area contributed by atoms with E-state index in [1.165, 1.54) is 36.8 Å². The fourth-order valence-corrected chi connectivity index (χ4v) is 2.77. The maximum Gasteiger partial charge on any atom is 0.0578 e. The number of nitrogens with one attached hydrogen (secondary N) is 1. The summed E-state index contributed by atoms with van der Waals surface area (Å²) in [6.07, 6.45) is 4.99. The van der Waals surface area contributed by atoms with E-state index in [1.807, 2.05) is 0 Å². The van der Waals surface area contributed by atoms with Crippen LogP contribution >= 0.6 is 0 Å². The first kappa shape index (κ1) is 15.8. The van der Waals surface area contributed by atoms with Crippen LogP contribution < -0.4 is 5.32 Å². The van der Waals surface area contributed by atoms with Crippen LogP contribution in [0.5, 0.6) is 0 Å². The number of unbranched alkanes of at least 4 members (excludes halogenated alkanes) is 1. The van der Waals surface area contributed by atoms with Gasteiger partial charge in [-0.15, -0.1) is 0 Å². The van der Waals surface area contributed by atoms with Crippen molar-refractivity contribution in [2.24, 2.45) is 0 Å². The number of rotatable bonds is 8. The van der Waals surface area contributed by atoms with Crippen molar-refractivity contribution in [3.05, 3.63) is 71.8 Å². The fourth-order valence-electron chi connectivity index (χ4n) is 2.77. The van der Waals surface area contributed by atoms with Gasteiger partial charge in [0.2, 0.25) is 0 Å². The maximum absolute atomic E-state index is 3.87. The maximum atomic E-state index is 3.87. The van der Waals surface area contributed by atoms with Crippen molar-refractivity contribution in [1.29, 1.82) is 0 Å². The molecule has 2 aromatic carbocycles. The van der Waals surface area contributed by atoms with Crippen LogP contribution in [0.15, 0.2) is 60.7 Å². The van der Waals surface area contributed by atoms with Gasteiger partial charge in [-0.05, 0) is 24.0 Å². The smallest absolute Gasteiger partial charge is 0.0578 e. The molecule has 1 nitrogen and oxygen atoms in total. The SMILES string of the molecule is CCCCC(CC)NC(c1ccccc1)c1ccccc1. The van der Waals surface area contributed by atoms with Crippen LogP contribution in [0.2, 0.25) is 0 Å². The predicted molar refractivity (Wildman–Crippen MR) is 91.5 cm³/mol. The molecule has 112 valence electrons. The molecule has 0 saturated heterocycles. The van der Waals surface area contributed by atoms with Crippen LogP contribution in [-0.2, 0) is 0 Å². The van der Waals surface area contributed by atoms with Crippen molar-refractivity contribution in [2.75, 3.05) is 0 Å². The van der Waals surface area contributed by atoms with Crippen LogP contribution in [-0.4, -0.2) is 6.04 Å². The minimum absolute atomic E-state index is 0.286. The molecule has 1 heteroatoms. The molecule has 0 aliphatic rings. The van der Waals surface area contributed by atoms with Gasteiger partial charge in [0.25, 0.3) is 0 Å². The average molecular weight is 281 g/mol. The van der Waals surface area contributed by atoms with Crippen LogP contribution in [0.4, 0.5) is 0 Å². The zero-order chi connectivity index (χ0) is 14.9. The molecule has 2 aromatic rings. The second kappa shape index (κ2) is 8.63.